The van der Waals surface area contributed by atoms with E-state index in [0.717, 1.165) is 5.56 Å². The van der Waals surface area contributed by atoms with Gasteiger partial charge in [0.1, 0.15) is 0 Å². The smallest absolute Gasteiger partial charge is 0.181 e. The maximum absolute atomic E-state index is 9.93. The Bertz CT molecular complexity index is 380. The van der Waals surface area contributed by atoms with Gasteiger partial charge >= 0.3 is 0 Å². The number of hydrogen-bond donors (Lipinski definition) is 4. The molecule has 5 heteroatoms. The highest BCUT2D eigenvalue weighted by Crippen LogP contribution is 2.39. The number of rotatable bonds is 5. The Labute approximate surface area is 101 Å². The number of benzene rings is 1. The van der Waals surface area contributed by atoms with Crippen LogP contribution in [0.2, 0.25) is 0 Å². The summed E-state index contributed by atoms with van der Waals surface area (Å²) in [5.41, 5.74) is 6.86. The fourth-order valence-electron chi connectivity index (χ4n) is 1.83. The van der Waals surface area contributed by atoms with E-state index in [2.05, 4.69) is 0 Å². The second-order valence-electron chi connectivity index (χ2n) is 4.16. The van der Waals surface area contributed by atoms with Crippen molar-refractivity contribution < 1.29 is 15.3 Å². The number of nitrogens with two attached hydrogens (primary N) is 1. The number of aromatic hydroxyl groups is 2. The molecule has 1 aromatic carbocycles. The predicted molar refractivity (Wildman–Crippen MR) is 67.2 cm³/mol. The molecule has 0 unspecified atom stereocenters. The zero-order valence-electron chi connectivity index (χ0n) is 10.2. The molecule has 0 saturated carbocycles. The van der Waals surface area contributed by atoms with Crippen molar-refractivity contribution in [1.29, 1.82) is 0 Å². The molecular weight excluding hydrogens is 220 g/mol. The van der Waals surface area contributed by atoms with Gasteiger partial charge in [-0.3, -0.25) is 0 Å². The summed E-state index contributed by atoms with van der Waals surface area (Å²) < 4.78 is 0. The molecule has 0 fully saturated rings. The van der Waals surface area contributed by atoms with Gasteiger partial charge in [-0.05, 0) is 25.5 Å². The second-order valence-corrected chi connectivity index (χ2v) is 4.16. The highest BCUT2D eigenvalue weighted by molar-refractivity contribution is 5.68. The minimum atomic E-state index is -0.185. The van der Waals surface area contributed by atoms with Crippen molar-refractivity contribution in [1.82, 2.24) is 0 Å². The first-order valence-electron chi connectivity index (χ1n) is 5.64. The van der Waals surface area contributed by atoms with Crippen molar-refractivity contribution in [3.05, 3.63) is 17.7 Å². The number of anilines is 1. The van der Waals surface area contributed by atoms with E-state index in [1.807, 2.05) is 18.7 Å². The van der Waals surface area contributed by atoms with E-state index < -0.39 is 0 Å². The number of aliphatic hydroxyl groups excluding tert-OH is 1. The fourth-order valence-corrected chi connectivity index (χ4v) is 1.83. The SMILES string of the molecule is CC(C)N(CCO)c1c(CN)ccc(O)c1O. The van der Waals surface area contributed by atoms with Gasteiger partial charge in [-0.15, -0.1) is 0 Å². The summed E-state index contributed by atoms with van der Waals surface area (Å²) >= 11 is 0. The summed E-state index contributed by atoms with van der Waals surface area (Å²) in [7, 11) is 0. The minimum Gasteiger partial charge on any atom is -0.504 e. The summed E-state index contributed by atoms with van der Waals surface area (Å²) in [6.07, 6.45) is 0. The Morgan fingerprint density at radius 2 is 1.94 bits per heavy atom. The maximum Gasteiger partial charge on any atom is 0.181 e. The molecule has 5 nitrogen and oxygen atoms in total. The van der Waals surface area contributed by atoms with Gasteiger partial charge in [0.25, 0.3) is 0 Å². The van der Waals surface area contributed by atoms with E-state index in [4.69, 9.17) is 10.8 Å². The molecule has 5 N–H and O–H groups in total. The Kier molecular flexibility index (Phi) is 4.60. The van der Waals surface area contributed by atoms with Crippen molar-refractivity contribution in [2.45, 2.75) is 26.4 Å². The van der Waals surface area contributed by atoms with E-state index in [1.54, 1.807) is 6.07 Å². The molecule has 17 heavy (non-hydrogen) atoms. The van der Waals surface area contributed by atoms with Gasteiger partial charge in [0.2, 0.25) is 0 Å². The topological polar surface area (TPSA) is 90.0 Å². The largest absolute Gasteiger partial charge is 0.504 e. The molecule has 0 spiro atoms. The van der Waals surface area contributed by atoms with Gasteiger partial charge in [-0.1, -0.05) is 6.07 Å². The summed E-state index contributed by atoms with van der Waals surface area (Å²) in [6, 6.07) is 3.18. The highest BCUT2D eigenvalue weighted by atomic mass is 16.3. The van der Waals surface area contributed by atoms with Crippen LogP contribution in [-0.4, -0.2) is 34.5 Å². The monoisotopic (exact) mass is 240 g/mol. The molecule has 0 saturated heterocycles. The number of nitrogens with zero attached hydrogens (tertiary/aromatic N) is 1. The molecule has 0 aliphatic carbocycles. The van der Waals surface area contributed by atoms with Gasteiger partial charge in [0.05, 0.1) is 12.3 Å². The maximum atomic E-state index is 9.93. The summed E-state index contributed by atoms with van der Waals surface area (Å²) in [6.45, 7) is 4.50. The first-order valence-corrected chi connectivity index (χ1v) is 5.64. The third kappa shape index (κ3) is 2.81. The van der Waals surface area contributed by atoms with E-state index in [9.17, 15) is 10.2 Å². The highest BCUT2D eigenvalue weighted by Gasteiger charge is 2.19. The molecule has 0 amide bonds. The normalized spacial score (nSPS) is 10.9. The lowest BCUT2D eigenvalue weighted by atomic mass is 10.1. The summed E-state index contributed by atoms with van der Waals surface area (Å²) in [5, 5.41) is 28.5. The Morgan fingerprint density at radius 3 is 2.41 bits per heavy atom. The Balaban J connectivity index is 3.28. The summed E-state index contributed by atoms with van der Waals surface area (Å²) in [4.78, 5) is 1.82. The Hall–Kier alpha value is -1.46. The lowest BCUT2D eigenvalue weighted by molar-refractivity contribution is 0.298. The van der Waals surface area contributed by atoms with Crippen LogP contribution in [-0.2, 0) is 6.54 Å². The Morgan fingerprint density at radius 1 is 1.29 bits per heavy atom. The first kappa shape index (κ1) is 13.6. The molecule has 1 aromatic rings. The van der Waals surface area contributed by atoms with Crippen LogP contribution in [0.25, 0.3) is 0 Å². The van der Waals surface area contributed by atoms with E-state index in [0.29, 0.717) is 12.2 Å². The fraction of sp³-hybridized carbons (Fsp3) is 0.500. The number of phenols is 2. The minimum absolute atomic E-state index is 0.0305. The molecule has 0 aliphatic rings. The van der Waals surface area contributed by atoms with Crippen LogP contribution in [0, 0.1) is 0 Å². The summed E-state index contributed by atoms with van der Waals surface area (Å²) in [5.74, 6) is -0.365. The van der Waals surface area contributed by atoms with Gasteiger partial charge in [0.15, 0.2) is 11.5 Å². The lowest BCUT2D eigenvalue weighted by Gasteiger charge is -2.30. The average molecular weight is 240 g/mol. The van der Waals surface area contributed by atoms with E-state index >= 15 is 0 Å². The molecule has 96 valence electrons. The quantitative estimate of drug-likeness (QED) is 0.571. The third-order valence-corrected chi connectivity index (χ3v) is 2.68. The molecule has 0 radical (unpaired) electrons. The van der Waals surface area contributed by atoms with Crippen LogP contribution >= 0.6 is 0 Å². The lowest BCUT2D eigenvalue weighted by Crippen LogP contribution is -2.34. The zero-order valence-corrected chi connectivity index (χ0v) is 10.2. The van der Waals surface area contributed by atoms with Crippen molar-refractivity contribution in [2.24, 2.45) is 5.73 Å². The zero-order chi connectivity index (χ0) is 13.0. The second kappa shape index (κ2) is 5.75. The van der Waals surface area contributed by atoms with Gasteiger partial charge in [-0.25, -0.2) is 0 Å². The van der Waals surface area contributed by atoms with Crippen LogP contribution in [0.4, 0.5) is 5.69 Å². The molecule has 0 bridgehead atoms. The number of phenolic OH excluding ortho intramolecular Hbond substituents is 2. The van der Waals surface area contributed by atoms with Crippen molar-refractivity contribution in [3.63, 3.8) is 0 Å². The predicted octanol–water partition coefficient (Wildman–Crippen LogP) is 0.764. The molecule has 0 heterocycles. The van der Waals surface area contributed by atoms with Crippen LogP contribution in [0.15, 0.2) is 12.1 Å². The van der Waals surface area contributed by atoms with Crippen LogP contribution in [0.3, 0.4) is 0 Å². The third-order valence-electron chi connectivity index (χ3n) is 2.68. The standard InChI is InChI=1S/C12H20N2O3/c1-8(2)14(5-6-15)11-9(7-13)3-4-10(16)12(11)17/h3-4,8,15-17H,5-7,13H2,1-2H3. The van der Waals surface area contributed by atoms with E-state index in [1.165, 1.54) is 6.07 Å². The van der Waals surface area contributed by atoms with Crippen molar-refractivity contribution >= 4 is 5.69 Å². The molecule has 0 aliphatic heterocycles. The van der Waals surface area contributed by atoms with E-state index in [-0.39, 0.29) is 30.7 Å². The van der Waals surface area contributed by atoms with Gasteiger partial charge in [-0.2, -0.15) is 0 Å². The van der Waals surface area contributed by atoms with Gasteiger partial charge in [0, 0.05) is 19.1 Å². The average Bonchev–Trinajstić information content (AvgIpc) is 2.30. The molecule has 0 aromatic heterocycles. The number of aliphatic hydroxyl groups is 1. The molecular formula is C12H20N2O3. The van der Waals surface area contributed by atoms with Crippen LogP contribution in [0.5, 0.6) is 11.5 Å². The molecule has 0 atom stereocenters. The van der Waals surface area contributed by atoms with Crippen LogP contribution in [0.1, 0.15) is 19.4 Å². The van der Waals surface area contributed by atoms with Crippen molar-refractivity contribution in [3.8, 4) is 11.5 Å². The van der Waals surface area contributed by atoms with Crippen molar-refractivity contribution in [2.75, 3.05) is 18.1 Å². The van der Waals surface area contributed by atoms with Gasteiger partial charge < -0.3 is 26.0 Å². The number of hydrogen-bond acceptors (Lipinski definition) is 5. The molecule has 1 rings (SSSR count). The first-order chi connectivity index (χ1) is 8.02. The van der Waals surface area contributed by atoms with Crippen LogP contribution < -0.4 is 10.6 Å².